The minimum atomic E-state index is -0.665. The summed E-state index contributed by atoms with van der Waals surface area (Å²) in [5.41, 5.74) is 0.337. The van der Waals surface area contributed by atoms with Gasteiger partial charge in [-0.3, -0.25) is 4.79 Å². The van der Waals surface area contributed by atoms with E-state index in [0.717, 1.165) is 51.4 Å². The van der Waals surface area contributed by atoms with Gasteiger partial charge in [-0.25, -0.2) is 0 Å². The monoisotopic (exact) mass is 502 g/mol. The molecule has 5 aliphatic carbocycles. The number of methoxy groups -OCH3 is 1. The summed E-state index contributed by atoms with van der Waals surface area (Å²) in [6, 6.07) is 0. The zero-order chi connectivity index (χ0) is 26.5. The molecule has 0 aliphatic heterocycles. The molecule has 1 unspecified atom stereocenters. The Hall–Kier alpha value is -0.910. The molecule has 3 N–H and O–H groups in total. The first-order chi connectivity index (χ1) is 16.7. The van der Waals surface area contributed by atoms with Crippen LogP contribution in [0.1, 0.15) is 99.3 Å². The molecule has 4 fully saturated rings. The lowest BCUT2D eigenvalue weighted by molar-refractivity contribution is -0.219. The lowest BCUT2D eigenvalue weighted by Gasteiger charge is -2.71. The quantitative estimate of drug-likeness (QED) is 0.354. The molecule has 0 radical (unpaired) electrons. The van der Waals surface area contributed by atoms with Gasteiger partial charge >= 0.3 is 5.97 Å². The number of allylic oxidation sites excluding steroid dienone is 2. The third kappa shape index (κ3) is 3.09. The van der Waals surface area contributed by atoms with Crippen LogP contribution in [0.25, 0.3) is 0 Å². The van der Waals surface area contributed by atoms with Crippen LogP contribution < -0.4 is 0 Å². The van der Waals surface area contributed by atoms with Crippen molar-refractivity contribution in [2.45, 2.75) is 112 Å². The number of rotatable bonds is 2. The van der Waals surface area contributed by atoms with Crippen molar-refractivity contribution in [3.63, 3.8) is 0 Å². The zero-order valence-corrected chi connectivity index (χ0v) is 23.7. The van der Waals surface area contributed by atoms with Gasteiger partial charge in [-0.05, 0) is 98.7 Å². The maximum atomic E-state index is 12.9. The number of aliphatic hydroxyl groups excluding tert-OH is 3. The van der Waals surface area contributed by atoms with Crippen molar-refractivity contribution < 1.29 is 24.9 Å². The first-order valence-electron chi connectivity index (χ1n) is 14.4. The summed E-state index contributed by atoms with van der Waals surface area (Å²) < 4.78 is 5.22. The van der Waals surface area contributed by atoms with Gasteiger partial charge in [-0.2, -0.15) is 0 Å². The fourth-order valence-electron chi connectivity index (χ4n) is 10.9. The van der Waals surface area contributed by atoms with Gasteiger partial charge in [-0.15, -0.1) is 0 Å². The van der Waals surface area contributed by atoms with E-state index in [-0.39, 0.29) is 40.2 Å². The van der Waals surface area contributed by atoms with Gasteiger partial charge < -0.3 is 20.1 Å². The van der Waals surface area contributed by atoms with E-state index < -0.39 is 23.0 Å². The Bertz CT molecular complexity index is 961. The van der Waals surface area contributed by atoms with E-state index in [9.17, 15) is 20.1 Å². The fraction of sp³-hybridized carbons (Fsp3) is 0.903. The topological polar surface area (TPSA) is 87.0 Å². The van der Waals surface area contributed by atoms with Gasteiger partial charge in [0.25, 0.3) is 0 Å². The molecule has 5 nitrogen and oxygen atoms in total. The number of aliphatic hydroxyl groups is 3. The maximum Gasteiger partial charge on any atom is 0.311 e. The molecule has 11 atom stereocenters. The molecule has 0 aromatic rings. The van der Waals surface area contributed by atoms with Gasteiger partial charge in [0.1, 0.15) is 0 Å². The third-order valence-electron chi connectivity index (χ3n) is 13.7. The largest absolute Gasteiger partial charge is 0.469 e. The predicted molar refractivity (Wildman–Crippen MR) is 140 cm³/mol. The summed E-state index contributed by atoms with van der Waals surface area (Å²) >= 11 is 0. The molecule has 5 rings (SSSR count). The van der Waals surface area contributed by atoms with Crippen LogP contribution in [-0.2, 0) is 9.53 Å². The molecular formula is C31H50O5. The molecule has 0 bridgehead atoms. The van der Waals surface area contributed by atoms with Crippen LogP contribution in [0, 0.1) is 50.2 Å². The molecule has 0 spiro atoms. The number of fused-ring (bicyclic) bond motifs is 7. The second-order valence-electron chi connectivity index (χ2n) is 15.0. The average molecular weight is 503 g/mol. The second-order valence-corrected chi connectivity index (χ2v) is 15.0. The van der Waals surface area contributed by atoms with Gasteiger partial charge in [0.15, 0.2) is 0 Å². The van der Waals surface area contributed by atoms with Gasteiger partial charge in [0, 0.05) is 10.8 Å². The van der Waals surface area contributed by atoms with Crippen LogP contribution in [-0.4, -0.2) is 47.2 Å². The predicted octanol–water partition coefficient (Wildman–Crippen LogP) is 5.27. The third-order valence-corrected chi connectivity index (χ3v) is 13.7. The van der Waals surface area contributed by atoms with Crippen molar-refractivity contribution in [2.75, 3.05) is 13.7 Å². The molecule has 4 saturated carbocycles. The molecule has 5 aliphatic rings. The van der Waals surface area contributed by atoms with Crippen molar-refractivity contribution in [1.29, 1.82) is 0 Å². The normalized spacial score (nSPS) is 56.4. The first-order valence-corrected chi connectivity index (χ1v) is 14.4. The highest BCUT2D eigenvalue weighted by Gasteiger charge is 2.69. The van der Waals surface area contributed by atoms with E-state index in [1.165, 1.54) is 12.7 Å². The Balaban J connectivity index is 1.58. The summed E-state index contributed by atoms with van der Waals surface area (Å²) in [5.74, 6) is 0.765. The SMILES string of the molecule is COC(=O)[C@]1(C)C[C@@H](O)[C@]2(C)CC[C@]3(C)C(=CC[C@@H]4[C@@]5(C)CC[C@H](O)[C@](C)(CO)C5CC[C@]43C)[C@@H]2C1. The van der Waals surface area contributed by atoms with Crippen LogP contribution in [0.15, 0.2) is 11.6 Å². The minimum absolute atomic E-state index is 0.00778. The smallest absolute Gasteiger partial charge is 0.311 e. The Labute approximate surface area is 218 Å². The van der Waals surface area contributed by atoms with Gasteiger partial charge in [0.05, 0.1) is 31.3 Å². The maximum absolute atomic E-state index is 12.9. The number of carbonyl (C=O) groups excluding carboxylic acids is 1. The van der Waals surface area contributed by atoms with Crippen molar-refractivity contribution in [2.24, 2.45) is 50.2 Å². The number of ether oxygens (including phenoxy) is 1. The molecule has 0 aromatic carbocycles. The molecule has 0 heterocycles. The summed E-state index contributed by atoms with van der Waals surface area (Å²) in [6.45, 7) is 13.8. The van der Waals surface area contributed by atoms with Crippen molar-refractivity contribution in [3.05, 3.63) is 11.6 Å². The molecule has 0 aromatic heterocycles. The van der Waals surface area contributed by atoms with E-state index in [1.54, 1.807) is 0 Å². The van der Waals surface area contributed by atoms with Gasteiger partial charge in [-0.1, -0.05) is 46.3 Å². The lowest BCUT2D eigenvalue weighted by Crippen LogP contribution is -2.66. The molecule has 0 saturated heterocycles. The van der Waals surface area contributed by atoms with Crippen molar-refractivity contribution in [1.82, 2.24) is 0 Å². The molecular weight excluding hydrogens is 452 g/mol. The van der Waals surface area contributed by atoms with Crippen LogP contribution in [0.3, 0.4) is 0 Å². The van der Waals surface area contributed by atoms with E-state index in [1.807, 2.05) is 6.92 Å². The van der Waals surface area contributed by atoms with Crippen molar-refractivity contribution in [3.8, 4) is 0 Å². The van der Waals surface area contributed by atoms with Crippen molar-refractivity contribution >= 4 is 5.97 Å². The number of hydrogen-bond donors (Lipinski definition) is 3. The Kier molecular flexibility index (Phi) is 5.97. The number of hydrogen-bond acceptors (Lipinski definition) is 5. The molecule has 0 amide bonds. The zero-order valence-electron chi connectivity index (χ0n) is 23.7. The number of carbonyl (C=O) groups is 1. The summed E-state index contributed by atoms with van der Waals surface area (Å²) in [4.78, 5) is 12.9. The Morgan fingerprint density at radius 3 is 2.25 bits per heavy atom. The van der Waals surface area contributed by atoms with Crippen LogP contribution in [0.5, 0.6) is 0 Å². The highest BCUT2D eigenvalue weighted by molar-refractivity contribution is 5.76. The first kappa shape index (κ1) is 26.7. The number of esters is 1. The minimum Gasteiger partial charge on any atom is -0.469 e. The molecule has 36 heavy (non-hydrogen) atoms. The van der Waals surface area contributed by atoms with E-state index in [0.29, 0.717) is 18.3 Å². The van der Waals surface area contributed by atoms with E-state index in [2.05, 4.69) is 40.7 Å². The van der Waals surface area contributed by atoms with E-state index in [4.69, 9.17) is 4.74 Å². The van der Waals surface area contributed by atoms with Crippen LogP contribution in [0.2, 0.25) is 0 Å². The van der Waals surface area contributed by atoms with Gasteiger partial charge in [0.2, 0.25) is 0 Å². The Morgan fingerprint density at radius 2 is 1.61 bits per heavy atom. The highest BCUT2D eigenvalue weighted by Crippen LogP contribution is 2.75. The summed E-state index contributed by atoms with van der Waals surface area (Å²) in [5, 5.41) is 32.8. The van der Waals surface area contributed by atoms with E-state index >= 15 is 0 Å². The van der Waals surface area contributed by atoms with Crippen LogP contribution >= 0.6 is 0 Å². The fourth-order valence-corrected chi connectivity index (χ4v) is 10.9. The standard InChI is InChI=1S/C31H50O5/c1-26(25(35)36-7)16-20-19-8-9-22-28(3)12-11-23(33)29(4,18-32)21(28)10-13-31(22,6)30(19,5)15-14-27(20,2)24(34)17-26/h8,20-24,32-34H,9-18H2,1-7H3/t20-,21?,22+,23-,24+,26-,27+,28-,29+,30+,31+/m0/s1. The lowest BCUT2D eigenvalue weighted by atomic mass is 9.33. The molecule has 5 heteroatoms. The van der Waals surface area contributed by atoms with Crippen LogP contribution in [0.4, 0.5) is 0 Å². The summed E-state index contributed by atoms with van der Waals surface area (Å²) in [6.07, 6.45) is 9.69. The second kappa shape index (κ2) is 8.05. The summed E-state index contributed by atoms with van der Waals surface area (Å²) in [7, 11) is 1.46. The average Bonchev–Trinajstić information content (AvgIpc) is 2.83. The Morgan fingerprint density at radius 1 is 0.917 bits per heavy atom. The highest BCUT2D eigenvalue weighted by atomic mass is 16.5. The molecule has 204 valence electrons.